The molecule has 0 aliphatic heterocycles. The molecule has 34 heavy (non-hydrogen) atoms. The summed E-state index contributed by atoms with van der Waals surface area (Å²) in [4.78, 5) is 7.75. The molecule has 0 saturated carbocycles. The van der Waals surface area contributed by atoms with E-state index in [9.17, 15) is 12.8 Å². The molecule has 0 spiro atoms. The van der Waals surface area contributed by atoms with Crippen LogP contribution < -0.4 is 15.4 Å². The number of rotatable bonds is 7. The van der Waals surface area contributed by atoms with E-state index in [0.29, 0.717) is 22.9 Å². The number of hydrogen-bond acceptors (Lipinski definition) is 6. The molecule has 3 N–H and O–H groups in total. The third-order valence-corrected chi connectivity index (χ3v) is 6.35. The summed E-state index contributed by atoms with van der Waals surface area (Å²) >= 11 is 11.4. The summed E-state index contributed by atoms with van der Waals surface area (Å²) in [5, 5.41) is 10.8. The quantitative estimate of drug-likeness (QED) is 0.314. The molecule has 0 fully saturated rings. The molecule has 9 nitrogen and oxygen atoms in total. The van der Waals surface area contributed by atoms with Gasteiger partial charge in [-0.25, -0.2) is 27.5 Å². The van der Waals surface area contributed by atoms with Crippen molar-refractivity contribution in [2.75, 3.05) is 15.4 Å². The lowest BCUT2D eigenvalue weighted by atomic mass is 10.2. The fourth-order valence-corrected chi connectivity index (χ4v) is 4.30. The van der Waals surface area contributed by atoms with E-state index in [2.05, 4.69) is 30.4 Å². The van der Waals surface area contributed by atoms with Gasteiger partial charge in [0, 0.05) is 29.3 Å². The van der Waals surface area contributed by atoms with Gasteiger partial charge in [-0.3, -0.25) is 4.68 Å². The Morgan fingerprint density at radius 1 is 1.06 bits per heavy atom. The van der Waals surface area contributed by atoms with Crippen LogP contribution in [0.2, 0.25) is 5.02 Å². The molecule has 0 unspecified atom stereocenters. The van der Waals surface area contributed by atoms with Crippen molar-refractivity contribution in [1.29, 1.82) is 0 Å². The standard InChI is InChI=1S/C21H17ClFN7O2S2/c22-19-10-15(23)3-2-14(19)12-30-13-17(11-26-30)28-21(33)27-16-4-6-18(7-5-16)34(31,32)29-20-24-8-1-9-25-20/h1-11,13H,12H2,(H,24,25,29)(H2,27,28,33). The second-order valence-corrected chi connectivity index (χ2v) is 9.44. The summed E-state index contributed by atoms with van der Waals surface area (Å²) in [6.45, 7) is 0.360. The Kier molecular flexibility index (Phi) is 7.01. The van der Waals surface area contributed by atoms with E-state index in [1.165, 1.54) is 36.7 Å². The van der Waals surface area contributed by atoms with Crippen LogP contribution in [0, 0.1) is 5.82 Å². The first-order valence-electron chi connectivity index (χ1n) is 9.73. The Morgan fingerprint density at radius 2 is 1.76 bits per heavy atom. The highest BCUT2D eigenvalue weighted by Gasteiger charge is 2.15. The van der Waals surface area contributed by atoms with Crippen molar-refractivity contribution < 1.29 is 12.8 Å². The van der Waals surface area contributed by atoms with Gasteiger partial charge >= 0.3 is 0 Å². The third-order valence-electron chi connectivity index (χ3n) is 4.45. The van der Waals surface area contributed by atoms with E-state index in [1.54, 1.807) is 41.3 Å². The topological polar surface area (TPSA) is 114 Å². The van der Waals surface area contributed by atoms with E-state index < -0.39 is 15.8 Å². The molecule has 0 radical (unpaired) electrons. The average molecular weight is 518 g/mol. The summed E-state index contributed by atoms with van der Waals surface area (Å²) in [7, 11) is -3.83. The van der Waals surface area contributed by atoms with Crippen LogP contribution in [0.3, 0.4) is 0 Å². The minimum Gasteiger partial charge on any atom is -0.332 e. The third kappa shape index (κ3) is 6.04. The Balaban J connectivity index is 1.34. The average Bonchev–Trinajstić information content (AvgIpc) is 3.23. The van der Waals surface area contributed by atoms with Crippen LogP contribution in [0.15, 0.2) is 78.2 Å². The molecule has 174 valence electrons. The first-order valence-corrected chi connectivity index (χ1v) is 12.0. The minimum atomic E-state index is -3.83. The molecular weight excluding hydrogens is 501 g/mol. The first-order chi connectivity index (χ1) is 16.3. The Bertz CT molecular complexity index is 1410. The normalized spacial score (nSPS) is 11.1. The van der Waals surface area contributed by atoms with Crippen LogP contribution in [-0.4, -0.2) is 33.3 Å². The maximum atomic E-state index is 13.2. The van der Waals surface area contributed by atoms with Gasteiger partial charge in [0.05, 0.1) is 23.3 Å². The predicted molar refractivity (Wildman–Crippen MR) is 132 cm³/mol. The molecule has 0 atom stereocenters. The largest absolute Gasteiger partial charge is 0.332 e. The van der Waals surface area contributed by atoms with Gasteiger partial charge in [-0.15, -0.1) is 0 Å². The highest BCUT2D eigenvalue weighted by molar-refractivity contribution is 7.92. The number of thiocarbonyl (C=S) groups is 1. The number of halogens is 2. The zero-order valence-electron chi connectivity index (χ0n) is 17.3. The summed E-state index contributed by atoms with van der Waals surface area (Å²) < 4.78 is 42.1. The van der Waals surface area contributed by atoms with E-state index in [1.807, 2.05) is 0 Å². The molecule has 2 aromatic heterocycles. The lowest BCUT2D eigenvalue weighted by molar-refractivity contribution is 0.601. The fraction of sp³-hybridized carbons (Fsp3) is 0.0476. The number of benzene rings is 2. The molecular formula is C21H17ClFN7O2S2. The van der Waals surface area contributed by atoms with Gasteiger partial charge in [-0.05, 0) is 60.2 Å². The second-order valence-electron chi connectivity index (χ2n) is 6.94. The number of sulfonamides is 1. The van der Waals surface area contributed by atoms with Crippen molar-refractivity contribution in [3.05, 3.63) is 89.7 Å². The number of nitrogens with one attached hydrogen (secondary N) is 3. The predicted octanol–water partition coefficient (Wildman–Crippen LogP) is 4.12. The van der Waals surface area contributed by atoms with Gasteiger partial charge in [-0.2, -0.15) is 5.10 Å². The number of aromatic nitrogens is 4. The molecule has 2 heterocycles. The van der Waals surface area contributed by atoms with Crippen molar-refractivity contribution in [1.82, 2.24) is 19.7 Å². The molecule has 4 aromatic rings. The molecule has 0 aliphatic rings. The Hall–Kier alpha value is -3.61. The van der Waals surface area contributed by atoms with E-state index in [4.69, 9.17) is 23.8 Å². The zero-order valence-corrected chi connectivity index (χ0v) is 19.7. The first kappa shape index (κ1) is 23.5. The van der Waals surface area contributed by atoms with E-state index in [0.717, 1.165) is 5.56 Å². The van der Waals surface area contributed by atoms with Crippen LogP contribution in [0.4, 0.5) is 21.7 Å². The number of nitrogens with zero attached hydrogens (tertiary/aromatic N) is 4. The van der Waals surface area contributed by atoms with Gasteiger partial charge in [0.1, 0.15) is 5.82 Å². The smallest absolute Gasteiger partial charge is 0.264 e. The lowest BCUT2D eigenvalue weighted by Crippen LogP contribution is -2.19. The SMILES string of the molecule is O=S(=O)(Nc1ncccn1)c1ccc(NC(=S)Nc2cnn(Cc3ccc(F)cc3Cl)c2)cc1. The molecule has 13 heteroatoms. The Labute approximate surface area is 205 Å². The van der Waals surface area contributed by atoms with Crippen LogP contribution in [0.5, 0.6) is 0 Å². The maximum Gasteiger partial charge on any atom is 0.264 e. The van der Waals surface area contributed by atoms with Crippen LogP contribution in [0.25, 0.3) is 0 Å². The van der Waals surface area contributed by atoms with Crippen molar-refractivity contribution in [3.63, 3.8) is 0 Å². The van der Waals surface area contributed by atoms with Gasteiger partial charge < -0.3 is 10.6 Å². The maximum absolute atomic E-state index is 13.2. The van der Waals surface area contributed by atoms with E-state index >= 15 is 0 Å². The zero-order chi connectivity index (χ0) is 24.1. The van der Waals surface area contributed by atoms with Crippen molar-refractivity contribution in [2.24, 2.45) is 0 Å². The fourth-order valence-electron chi connectivity index (χ4n) is 2.88. The molecule has 0 aliphatic carbocycles. The summed E-state index contributed by atoms with van der Waals surface area (Å²) in [6.07, 6.45) is 6.18. The molecule has 0 saturated heterocycles. The number of anilines is 3. The van der Waals surface area contributed by atoms with Crippen molar-refractivity contribution in [3.8, 4) is 0 Å². The number of hydrogen-bond donors (Lipinski definition) is 3. The molecule has 2 aromatic carbocycles. The summed E-state index contributed by atoms with van der Waals surface area (Å²) in [5.41, 5.74) is 1.93. The molecule has 0 bridgehead atoms. The highest BCUT2D eigenvalue weighted by atomic mass is 35.5. The van der Waals surface area contributed by atoms with Gasteiger partial charge in [0.25, 0.3) is 10.0 Å². The van der Waals surface area contributed by atoms with Crippen molar-refractivity contribution in [2.45, 2.75) is 11.4 Å². The minimum absolute atomic E-state index is 0.0164. The summed E-state index contributed by atoms with van der Waals surface area (Å²) in [6, 6.07) is 11.8. The monoisotopic (exact) mass is 517 g/mol. The molecule has 0 amide bonds. The lowest BCUT2D eigenvalue weighted by Gasteiger charge is -2.10. The van der Waals surface area contributed by atoms with Gasteiger partial charge in [0.2, 0.25) is 5.95 Å². The van der Waals surface area contributed by atoms with Crippen molar-refractivity contribution >= 4 is 56.3 Å². The Morgan fingerprint density at radius 3 is 2.47 bits per heavy atom. The van der Waals surface area contributed by atoms with Crippen LogP contribution in [0.1, 0.15) is 5.56 Å². The summed E-state index contributed by atoms with van der Waals surface area (Å²) in [5.74, 6) is -0.419. The highest BCUT2D eigenvalue weighted by Crippen LogP contribution is 2.19. The van der Waals surface area contributed by atoms with Crippen LogP contribution >= 0.6 is 23.8 Å². The van der Waals surface area contributed by atoms with E-state index in [-0.39, 0.29) is 16.0 Å². The van der Waals surface area contributed by atoms with Gasteiger partial charge in [0.15, 0.2) is 5.11 Å². The van der Waals surface area contributed by atoms with Crippen LogP contribution in [-0.2, 0) is 16.6 Å². The van der Waals surface area contributed by atoms with Gasteiger partial charge in [-0.1, -0.05) is 17.7 Å². The molecule has 4 rings (SSSR count). The second kappa shape index (κ2) is 10.1.